The largest absolute Gasteiger partial charge is 0.352 e. The average Bonchev–Trinajstić information content (AvgIpc) is 3.08. The maximum atomic E-state index is 12.4. The fourth-order valence-corrected chi connectivity index (χ4v) is 3.49. The van der Waals surface area contributed by atoms with E-state index in [9.17, 15) is 9.59 Å². The topological polar surface area (TPSA) is 91.0 Å². The normalized spacial score (nSPS) is 16.2. The second-order valence-electron chi connectivity index (χ2n) is 7.00. The third-order valence-electron chi connectivity index (χ3n) is 4.85. The molecule has 0 radical (unpaired) electrons. The first kappa shape index (κ1) is 19.1. The number of carbonyl (C=O) groups is 1. The summed E-state index contributed by atoms with van der Waals surface area (Å²) in [6, 6.07) is 14.5. The van der Waals surface area contributed by atoms with Crippen molar-refractivity contribution in [1.82, 2.24) is 19.9 Å². The lowest BCUT2D eigenvalue weighted by Gasteiger charge is -2.16. The van der Waals surface area contributed by atoms with Crippen molar-refractivity contribution in [3.63, 3.8) is 0 Å². The zero-order valence-electron chi connectivity index (χ0n) is 15.6. The van der Waals surface area contributed by atoms with E-state index < -0.39 is 0 Å². The molecule has 2 aromatic heterocycles. The van der Waals surface area contributed by atoms with Crippen molar-refractivity contribution in [1.29, 1.82) is 0 Å². The van der Waals surface area contributed by atoms with Crippen molar-refractivity contribution in [3.8, 4) is 0 Å². The zero-order chi connectivity index (χ0) is 20.2. The minimum Gasteiger partial charge on any atom is -0.352 e. The summed E-state index contributed by atoms with van der Waals surface area (Å²) in [4.78, 5) is 37.8. The number of halogens is 1. The molecule has 1 aliphatic heterocycles. The Kier molecular flexibility index (Phi) is 5.57. The van der Waals surface area contributed by atoms with Gasteiger partial charge in [0.05, 0.1) is 17.9 Å². The number of benzene rings is 1. The van der Waals surface area contributed by atoms with Gasteiger partial charge in [0.15, 0.2) is 0 Å². The van der Waals surface area contributed by atoms with Crippen LogP contribution in [0.1, 0.15) is 29.3 Å². The van der Waals surface area contributed by atoms with Crippen molar-refractivity contribution in [3.05, 3.63) is 87.1 Å². The van der Waals surface area contributed by atoms with Crippen LogP contribution in [0.3, 0.4) is 0 Å². The summed E-state index contributed by atoms with van der Waals surface area (Å²) in [5.74, 6) is 0.307. The number of hydrogen-bond donors (Lipinski definition) is 2. The molecule has 0 spiro atoms. The second-order valence-corrected chi connectivity index (χ2v) is 7.43. The van der Waals surface area contributed by atoms with E-state index in [-0.39, 0.29) is 17.4 Å². The van der Waals surface area contributed by atoms with Gasteiger partial charge in [0, 0.05) is 42.7 Å². The van der Waals surface area contributed by atoms with Crippen molar-refractivity contribution in [2.24, 2.45) is 0 Å². The summed E-state index contributed by atoms with van der Waals surface area (Å²) in [5, 5.41) is 3.80. The number of likely N-dealkylation sites (tertiary alicyclic amines) is 1. The number of aromatic amines is 1. The molecule has 148 valence electrons. The van der Waals surface area contributed by atoms with E-state index in [0.29, 0.717) is 42.7 Å². The Bertz CT molecular complexity index is 1050. The summed E-state index contributed by atoms with van der Waals surface area (Å²) < 4.78 is 0. The van der Waals surface area contributed by atoms with Gasteiger partial charge >= 0.3 is 0 Å². The molecular formula is C21H20ClN5O2. The van der Waals surface area contributed by atoms with E-state index in [1.807, 2.05) is 42.5 Å². The fraction of sp³-hybridized carbons (Fsp3) is 0.238. The number of rotatable bonds is 6. The zero-order valence-corrected chi connectivity index (χ0v) is 16.4. The monoisotopic (exact) mass is 409 g/mol. The Labute approximate surface area is 172 Å². The van der Waals surface area contributed by atoms with Gasteiger partial charge in [-0.1, -0.05) is 29.8 Å². The van der Waals surface area contributed by atoms with E-state index >= 15 is 0 Å². The van der Waals surface area contributed by atoms with E-state index in [4.69, 9.17) is 11.6 Å². The number of nitrogens with zero attached hydrogens (tertiary/aromatic N) is 3. The summed E-state index contributed by atoms with van der Waals surface area (Å²) >= 11 is 5.90. The highest BCUT2D eigenvalue weighted by molar-refractivity contribution is 6.30. The number of amides is 1. The van der Waals surface area contributed by atoms with Crippen LogP contribution in [-0.2, 0) is 17.9 Å². The number of H-pyrrole nitrogens is 1. The molecule has 1 unspecified atom stereocenters. The van der Waals surface area contributed by atoms with Crippen LogP contribution in [0.2, 0.25) is 5.02 Å². The van der Waals surface area contributed by atoms with Gasteiger partial charge in [-0.25, -0.2) is 4.98 Å². The van der Waals surface area contributed by atoms with Crippen molar-refractivity contribution < 1.29 is 4.79 Å². The van der Waals surface area contributed by atoms with Gasteiger partial charge in [0.1, 0.15) is 0 Å². The van der Waals surface area contributed by atoms with Crippen LogP contribution in [0.25, 0.3) is 0 Å². The molecule has 3 heterocycles. The molecular weight excluding hydrogens is 390 g/mol. The number of carbonyl (C=O) groups excluding carboxylic acids is 1. The quantitative estimate of drug-likeness (QED) is 0.653. The molecule has 1 aromatic carbocycles. The van der Waals surface area contributed by atoms with Crippen LogP contribution in [-0.4, -0.2) is 32.3 Å². The molecule has 4 rings (SSSR count). The molecule has 1 saturated heterocycles. The lowest BCUT2D eigenvalue weighted by molar-refractivity contribution is -0.128. The highest BCUT2D eigenvalue weighted by Crippen LogP contribution is 2.27. The summed E-state index contributed by atoms with van der Waals surface area (Å²) in [6.07, 6.45) is 2.05. The maximum Gasteiger partial charge on any atom is 0.252 e. The number of aromatic nitrogens is 3. The van der Waals surface area contributed by atoms with E-state index in [1.165, 1.54) is 6.07 Å². The van der Waals surface area contributed by atoms with Crippen LogP contribution in [0.5, 0.6) is 0 Å². The predicted octanol–water partition coefficient (Wildman–Crippen LogP) is 2.95. The Morgan fingerprint density at radius 2 is 2.00 bits per heavy atom. The standard InChI is InChI=1S/C21H20ClN5O2/c22-16-6-4-14(5-7-16)11-24-21-25-18(10-19(28)26-21)15-9-20(29)27(12-15)13-17-3-1-2-8-23-17/h1-8,10,15H,9,11-13H2,(H2,24,25,26,28). The third kappa shape index (κ3) is 4.81. The molecule has 2 N–H and O–H groups in total. The molecule has 1 amide bonds. The van der Waals surface area contributed by atoms with Gasteiger partial charge in [0.25, 0.3) is 5.56 Å². The smallest absolute Gasteiger partial charge is 0.252 e. The molecule has 3 aromatic rings. The lowest BCUT2D eigenvalue weighted by Crippen LogP contribution is -2.25. The molecule has 1 aliphatic rings. The molecule has 8 heteroatoms. The van der Waals surface area contributed by atoms with Crippen LogP contribution in [0, 0.1) is 0 Å². The highest BCUT2D eigenvalue weighted by Gasteiger charge is 2.32. The SMILES string of the molecule is O=C1CC(c2cc(=O)[nH]c(NCc3ccc(Cl)cc3)n2)CN1Cc1ccccn1. The minimum absolute atomic E-state index is 0.0402. The predicted molar refractivity (Wildman–Crippen MR) is 111 cm³/mol. The third-order valence-corrected chi connectivity index (χ3v) is 5.10. The van der Waals surface area contributed by atoms with Crippen molar-refractivity contribution in [2.45, 2.75) is 25.4 Å². The number of pyridine rings is 1. The first-order chi connectivity index (χ1) is 14.1. The van der Waals surface area contributed by atoms with E-state index in [2.05, 4.69) is 20.3 Å². The summed E-state index contributed by atoms with van der Waals surface area (Å²) in [7, 11) is 0. The Balaban J connectivity index is 1.45. The van der Waals surface area contributed by atoms with Gasteiger partial charge < -0.3 is 10.2 Å². The summed E-state index contributed by atoms with van der Waals surface area (Å²) in [5.41, 5.74) is 2.22. The van der Waals surface area contributed by atoms with Crippen molar-refractivity contribution >= 4 is 23.5 Å². The van der Waals surface area contributed by atoms with Gasteiger partial charge in [-0.05, 0) is 29.8 Å². The Hall–Kier alpha value is -3.19. The highest BCUT2D eigenvalue weighted by atomic mass is 35.5. The van der Waals surface area contributed by atoms with Gasteiger partial charge in [-0.2, -0.15) is 0 Å². The molecule has 0 bridgehead atoms. The Morgan fingerprint density at radius 1 is 1.17 bits per heavy atom. The number of anilines is 1. The average molecular weight is 410 g/mol. The molecule has 29 heavy (non-hydrogen) atoms. The van der Waals surface area contributed by atoms with Gasteiger partial charge in [-0.15, -0.1) is 0 Å². The molecule has 1 fully saturated rings. The van der Waals surface area contributed by atoms with E-state index in [0.717, 1.165) is 11.3 Å². The van der Waals surface area contributed by atoms with Gasteiger partial charge in [0.2, 0.25) is 11.9 Å². The molecule has 7 nitrogen and oxygen atoms in total. The second kappa shape index (κ2) is 8.45. The van der Waals surface area contributed by atoms with Crippen LogP contribution >= 0.6 is 11.6 Å². The van der Waals surface area contributed by atoms with Crippen LogP contribution in [0.4, 0.5) is 5.95 Å². The lowest BCUT2D eigenvalue weighted by atomic mass is 10.0. The number of hydrogen-bond acceptors (Lipinski definition) is 5. The minimum atomic E-state index is -0.246. The first-order valence-corrected chi connectivity index (χ1v) is 9.72. The summed E-state index contributed by atoms with van der Waals surface area (Å²) in [6.45, 7) is 1.47. The van der Waals surface area contributed by atoms with Crippen LogP contribution < -0.4 is 10.9 Å². The molecule has 0 aliphatic carbocycles. The van der Waals surface area contributed by atoms with Gasteiger partial charge in [-0.3, -0.25) is 19.6 Å². The fourth-order valence-electron chi connectivity index (χ4n) is 3.37. The van der Waals surface area contributed by atoms with Crippen molar-refractivity contribution in [2.75, 3.05) is 11.9 Å². The maximum absolute atomic E-state index is 12.4. The Morgan fingerprint density at radius 3 is 2.76 bits per heavy atom. The first-order valence-electron chi connectivity index (χ1n) is 9.34. The number of nitrogens with one attached hydrogen (secondary N) is 2. The van der Waals surface area contributed by atoms with E-state index in [1.54, 1.807) is 11.1 Å². The molecule has 0 saturated carbocycles. The van der Waals surface area contributed by atoms with Crippen LogP contribution in [0.15, 0.2) is 59.5 Å². The molecule has 1 atom stereocenters.